The molecule has 0 bridgehead atoms. The second-order valence-electron chi connectivity index (χ2n) is 5.22. The van der Waals surface area contributed by atoms with Crippen LogP contribution in [0.15, 0.2) is 24.3 Å². The average Bonchev–Trinajstić information content (AvgIpc) is 2.93. The van der Waals surface area contributed by atoms with Crippen molar-refractivity contribution in [1.82, 2.24) is 4.98 Å². The third-order valence-electron chi connectivity index (χ3n) is 3.41. The van der Waals surface area contributed by atoms with Crippen LogP contribution in [0.3, 0.4) is 0 Å². The lowest BCUT2D eigenvalue weighted by Crippen LogP contribution is -2.22. The lowest BCUT2D eigenvalue weighted by Gasteiger charge is -2.10. The van der Waals surface area contributed by atoms with Crippen molar-refractivity contribution in [2.45, 2.75) is 33.3 Å². The third kappa shape index (κ3) is 4.21. The van der Waals surface area contributed by atoms with Crippen molar-refractivity contribution < 1.29 is 14.6 Å². The Labute approximate surface area is 144 Å². The van der Waals surface area contributed by atoms with Gasteiger partial charge in [0, 0.05) is 4.88 Å². The Morgan fingerprint density at radius 2 is 2.29 bits per heavy atom. The van der Waals surface area contributed by atoms with E-state index in [4.69, 9.17) is 9.84 Å². The number of rotatable bonds is 6. The van der Waals surface area contributed by atoms with Crippen LogP contribution < -0.4 is 4.74 Å². The van der Waals surface area contributed by atoms with Gasteiger partial charge in [0.05, 0.1) is 11.3 Å². The van der Waals surface area contributed by atoms with E-state index in [0.717, 1.165) is 22.6 Å². The maximum Gasteiger partial charge on any atom is 0.344 e. The van der Waals surface area contributed by atoms with Crippen molar-refractivity contribution >= 4 is 29.0 Å². The standard InChI is InChI=1S/C18H18N2O3S/c1-4-16-12(3)24-17(20-16)14(10-19)8-13-6-5-7-15(9-13)23-11(2)18(21)22/h5-9,11H,4H2,1-3H3,(H,21,22)/b14-8+. The Balaban J connectivity index is 2.31. The predicted molar refractivity (Wildman–Crippen MR) is 93.9 cm³/mol. The summed E-state index contributed by atoms with van der Waals surface area (Å²) in [6.45, 7) is 5.50. The fourth-order valence-electron chi connectivity index (χ4n) is 2.11. The maximum absolute atomic E-state index is 10.9. The Bertz CT molecular complexity index is 818. The predicted octanol–water partition coefficient (Wildman–Crippen LogP) is 3.93. The SMILES string of the molecule is CCc1nc(/C(C#N)=C/c2cccc(OC(C)C(=O)O)c2)sc1C. The van der Waals surface area contributed by atoms with Crippen LogP contribution >= 0.6 is 11.3 Å². The number of aliphatic carboxylic acids is 1. The number of aromatic nitrogens is 1. The van der Waals surface area contributed by atoms with Gasteiger partial charge < -0.3 is 9.84 Å². The molecule has 5 nitrogen and oxygen atoms in total. The number of carbonyl (C=O) groups is 1. The fraction of sp³-hybridized carbons (Fsp3) is 0.278. The summed E-state index contributed by atoms with van der Waals surface area (Å²) in [4.78, 5) is 16.5. The van der Waals surface area contributed by atoms with Gasteiger partial charge in [-0.15, -0.1) is 11.3 Å². The first-order valence-electron chi connectivity index (χ1n) is 7.52. The molecule has 2 rings (SSSR count). The van der Waals surface area contributed by atoms with Gasteiger partial charge in [-0.05, 0) is 44.0 Å². The molecule has 0 radical (unpaired) electrons. The highest BCUT2D eigenvalue weighted by molar-refractivity contribution is 7.12. The molecule has 0 aliphatic carbocycles. The van der Waals surface area contributed by atoms with E-state index < -0.39 is 12.1 Å². The van der Waals surface area contributed by atoms with E-state index in [0.29, 0.717) is 16.3 Å². The van der Waals surface area contributed by atoms with Crippen LogP contribution in [0.5, 0.6) is 5.75 Å². The van der Waals surface area contributed by atoms with Crippen molar-refractivity contribution in [2.24, 2.45) is 0 Å². The first kappa shape index (κ1) is 17.7. The van der Waals surface area contributed by atoms with E-state index in [9.17, 15) is 10.1 Å². The van der Waals surface area contributed by atoms with Gasteiger partial charge in [-0.2, -0.15) is 5.26 Å². The van der Waals surface area contributed by atoms with E-state index in [2.05, 4.69) is 11.1 Å². The molecule has 1 heterocycles. The molecule has 0 spiro atoms. The van der Waals surface area contributed by atoms with Crippen LogP contribution in [0.4, 0.5) is 0 Å². The first-order chi connectivity index (χ1) is 11.4. The molecule has 6 heteroatoms. The highest BCUT2D eigenvalue weighted by Gasteiger charge is 2.13. The van der Waals surface area contributed by atoms with Crippen LogP contribution in [0.2, 0.25) is 0 Å². The number of nitriles is 1. The molecule has 1 unspecified atom stereocenters. The number of nitrogens with zero attached hydrogens (tertiary/aromatic N) is 2. The molecule has 1 N–H and O–H groups in total. The van der Waals surface area contributed by atoms with Gasteiger partial charge in [0.25, 0.3) is 0 Å². The Kier molecular flexibility index (Phi) is 5.72. The molecule has 0 saturated heterocycles. The molecule has 124 valence electrons. The number of hydrogen-bond donors (Lipinski definition) is 1. The summed E-state index contributed by atoms with van der Waals surface area (Å²) in [5.74, 6) is -0.584. The molecule has 0 aliphatic rings. The van der Waals surface area contributed by atoms with E-state index in [1.807, 2.05) is 19.9 Å². The summed E-state index contributed by atoms with van der Waals surface area (Å²) in [6, 6.07) is 9.17. The van der Waals surface area contributed by atoms with Gasteiger partial charge in [-0.25, -0.2) is 9.78 Å². The molecular weight excluding hydrogens is 324 g/mol. The van der Waals surface area contributed by atoms with Crippen molar-refractivity contribution in [1.29, 1.82) is 5.26 Å². The van der Waals surface area contributed by atoms with Gasteiger partial charge in [0.1, 0.15) is 16.8 Å². The summed E-state index contributed by atoms with van der Waals surface area (Å²) in [5, 5.41) is 19.0. The van der Waals surface area contributed by atoms with Crippen LogP contribution in [-0.4, -0.2) is 22.2 Å². The molecule has 24 heavy (non-hydrogen) atoms. The average molecular weight is 342 g/mol. The molecular formula is C18H18N2O3S. The molecule has 1 atom stereocenters. The summed E-state index contributed by atoms with van der Waals surface area (Å²) in [5.41, 5.74) is 2.24. The summed E-state index contributed by atoms with van der Waals surface area (Å²) < 4.78 is 5.35. The number of allylic oxidation sites excluding steroid dienone is 1. The number of benzene rings is 1. The monoisotopic (exact) mass is 342 g/mol. The second kappa shape index (κ2) is 7.75. The minimum Gasteiger partial charge on any atom is -0.479 e. The van der Waals surface area contributed by atoms with Crippen molar-refractivity contribution in [3.05, 3.63) is 45.4 Å². The minimum atomic E-state index is -1.03. The third-order valence-corrected chi connectivity index (χ3v) is 4.45. The summed E-state index contributed by atoms with van der Waals surface area (Å²) >= 11 is 1.50. The van der Waals surface area contributed by atoms with Crippen LogP contribution in [0.25, 0.3) is 11.6 Å². The first-order valence-corrected chi connectivity index (χ1v) is 8.34. The van der Waals surface area contributed by atoms with Gasteiger partial charge in [0.2, 0.25) is 0 Å². The quantitative estimate of drug-likeness (QED) is 0.804. The Morgan fingerprint density at radius 1 is 1.54 bits per heavy atom. The Morgan fingerprint density at radius 3 is 2.88 bits per heavy atom. The van der Waals surface area contributed by atoms with Crippen LogP contribution in [0, 0.1) is 18.3 Å². The zero-order chi connectivity index (χ0) is 17.7. The van der Waals surface area contributed by atoms with Gasteiger partial charge in [-0.1, -0.05) is 19.1 Å². The molecule has 0 fully saturated rings. The largest absolute Gasteiger partial charge is 0.479 e. The number of thiazole rings is 1. The number of hydrogen-bond acceptors (Lipinski definition) is 5. The maximum atomic E-state index is 10.9. The zero-order valence-corrected chi connectivity index (χ0v) is 14.6. The van der Waals surface area contributed by atoms with E-state index in [1.165, 1.54) is 18.3 Å². The molecule has 1 aromatic heterocycles. The number of carboxylic acid groups (broad SMARTS) is 1. The van der Waals surface area contributed by atoms with Crippen LogP contribution in [0.1, 0.15) is 35.0 Å². The Hall–Kier alpha value is -2.65. The smallest absolute Gasteiger partial charge is 0.344 e. The van der Waals surface area contributed by atoms with Gasteiger partial charge >= 0.3 is 5.97 Å². The summed E-state index contributed by atoms with van der Waals surface area (Å²) in [6.07, 6.45) is 1.63. The topological polar surface area (TPSA) is 83.2 Å². The molecule has 1 aromatic carbocycles. The number of ether oxygens (including phenoxy) is 1. The molecule has 0 saturated carbocycles. The van der Waals surface area contributed by atoms with Crippen molar-refractivity contribution in [3.8, 4) is 11.8 Å². The van der Waals surface area contributed by atoms with Crippen molar-refractivity contribution in [2.75, 3.05) is 0 Å². The normalized spacial score (nSPS) is 12.5. The highest BCUT2D eigenvalue weighted by atomic mass is 32.1. The van der Waals surface area contributed by atoms with Crippen LogP contribution in [-0.2, 0) is 11.2 Å². The lowest BCUT2D eigenvalue weighted by molar-refractivity contribution is -0.144. The minimum absolute atomic E-state index is 0.445. The summed E-state index contributed by atoms with van der Waals surface area (Å²) in [7, 11) is 0. The zero-order valence-electron chi connectivity index (χ0n) is 13.7. The number of carboxylic acids is 1. The van der Waals surface area contributed by atoms with E-state index in [-0.39, 0.29) is 0 Å². The second-order valence-corrected chi connectivity index (χ2v) is 6.42. The highest BCUT2D eigenvalue weighted by Crippen LogP contribution is 2.26. The van der Waals surface area contributed by atoms with Gasteiger partial charge in [0.15, 0.2) is 6.10 Å². The molecule has 0 aliphatic heterocycles. The van der Waals surface area contributed by atoms with Gasteiger partial charge in [-0.3, -0.25) is 0 Å². The molecule has 2 aromatic rings. The lowest BCUT2D eigenvalue weighted by atomic mass is 10.1. The van der Waals surface area contributed by atoms with E-state index in [1.54, 1.807) is 24.3 Å². The van der Waals surface area contributed by atoms with E-state index >= 15 is 0 Å². The fourth-order valence-corrected chi connectivity index (χ4v) is 3.08. The van der Waals surface area contributed by atoms with Crippen molar-refractivity contribution in [3.63, 3.8) is 0 Å². The molecule has 0 amide bonds. The number of aryl methyl sites for hydroxylation is 2.